The van der Waals surface area contributed by atoms with Crippen molar-refractivity contribution in [3.05, 3.63) is 48.2 Å². The Hall–Kier alpha value is -3.42. The summed E-state index contributed by atoms with van der Waals surface area (Å²) in [4.78, 5) is -0.681. The largest absolute Gasteiger partial charge is 0.492 e. The van der Waals surface area contributed by atoms with Crippen LogP contribution in [0.2, 0.25) is 0 Å². The molecular weight excluding hydrogens is 554 g/mol. The molecule has 4 N–H and O–H groups in total. The van der Waals surface area contributed by atoms with Crippen LogP contribution in [0.3, 0.4) is 0 Å². The molecule has 18 heteroatoms. The first-order chi connectivity index (χ1) is 17.1. The van der Waals surface area contributed by atoms with E-state index in [4.69, 9.17) is 4.55 Å². The third-order valence-corrected chi connectivity index (χ3v) is 7.87. The quantitative estimate of drug-likeness (QED) is 0.201. The van der Waals surface area contributed by atoms with Gasteiger partial charge in [0.05, 0.1) is 28.6 Å². The molecule has 37 heavy (non-hydrogen) atoms. The molecule has 200 valence electrons. The number of anilines is 1. The highest BCUT2D eigenvalue weighted by atomic mass is 32.3. The van der Waals surface area contributed by atoms with Gasteiger partial charge >= 0.3 is 10.4 Å². The van der Waals surface area contributed by atoms with E-state index in [1.165, 1.54) is 43.3 Å². The second-order valence-corrected chi connectivity index (χ2v) is 11.9. The zero-order valence-corrected chi connectivity index (χ0v) is 21.6. The van der Waals surface area contributed by atoms with Gasteiger partial charge in [-0.1, -0.05) is 0 Å². The standard InChI is InChI=1S/C19H21N5O10S3/c1-12-18(22-21-16-11-13(20-2)3-8-17(16)36(28,29)30)19(25)24(23-12)14-4-6-15(7-5-14)35(26,27)10-9-34-37(31,32)33/h3-8,11,20,25H,9-10H2,1-2H3,(H,28,29,30)(H,31,32,33). The Morgan fingerprint density at radius 2 is 1.65 bits per heavy atom. The number of nitrogens with zero attached hydrogens (tertiary/aromatic N) is 4. The van der Waals surface area contributed by atoms with Crippen molar-refractivity contribution < 1.29 is 43.6 Å². The Labute approximate surface area is 212 Å². The normalized spacial score (nSPS) is 12.8. The molecule has 0 spiro atoms. The van der Waals surface area contributed by atoms with Crippen molar-refractivity contribution in [1.82, 2.24) is 9.78 Å². The fraction of sp³-hybridized carbons (Fsp3) is 0.211. The predicted molar refractivity (Wildman–Crippen MR) is 129 cm³/mol. The topological polar surface area (TPSA) is 227 Å². The Morgan fingerprint density at radius 3 is 2.22 bits per heavy atom. The van der Waals surface area contributed by atoms with Crippen molar-refractivity contribution in [2.75, 3.05) is 24.7 Å². The molecule has 1 aromatic heterocycles. The maximum atomic E-state index is 12.3. The van der Waals surface area contributed by atoms with Crippen molar-refractivity contribution in [2.45, 2.75) is 16.7 Å². The van der Waals surface area contributed by atoms with E-state index in [-0.39, 0.29) is 27.7 Å². The van der Waals surface area contributed by atoms with E-state index < -0.39 is 53.5 Å². The number of azo groups is 1. The van der Waals surface area contributed by atoms with Crippen LogP contribution < -0.4 is 5.32 Å². The second-order valence-electron chi connectivity index (χ2n) is 7.34. The SMILES string of the molecule is CNc1ccc(S(=O)(=O)O)c(N=Nc2c(C)nn(-c3ccc(S(=O)(=O)CCOS(=O)(=O)O)cc3)c2O)c1. The van der Waals surface area contributed by atoms with Crippen LogP contribution in [0.15, 0.2) is 62.5 Å². The summed E-state index contributed by atoms with van der Waals surface area (Å²) in [6.07, 6.45) is 0. The number of aromatic hydroxyl groups is 1. The minimum Gasteiger partial charge on any atom is -0.492 e. The van der Waals surface area contributed by atoms with Gasteiger partial charge in [-0.05, 0) is 49.4 Å². The van der Waals surface area contributed by atoms with Crippen LogP contribution in [0.25, 0.3) is 5.69 Å². The van der Waals surface area contributed by atoms with Crippen LogP contribution in [-0.2, 0) is 34.5 Å². The number of hydrogen-bond donors (Lipinski definition) is 4. The summed E-state index contributed by atoms with van der Waals surface area (Å²) in [5.41, 5.74) is 0.589. The van der Waals surface area contributed by atoms with Gasteiger partial charge in [0.2, 0.25) is 5.88 Å². The molecule has 0 fully saturated rings. The van der Waals surface area contributed by atoms with Gasteiger partial charge < -0.3 is 10.4 Å². The fourth-order valence-electron chi connectivity index (χ4n) is 3.04. The van der Waals surface area contributed by atoms with Crippen LogP contribution in [0.5, 0.6) is 5.88 Å². The molecule has 0 saturated carbocycles. The third-order valence-electron chi connectivity index (χ3n) is 4.81. The van der Waals surface area contributed by atoms with Gasteiger partial charge in [-0.25, -0.2) is 12.6 Å². The summed E-state index contributed by atoms with van der Waals surface area (Å²) in [5.74, 6) is -1.21. The van der Waals surface area contributed by atoms with Crippen LogP contribution in [0, 0.1) is 6.92 Å². The minimum atomic E-state index is -4.78. The Bertz CT molecular complexity index is 1660. The fourth-order valence-corrected chi connectivity index (χ4v) is 5.13. The van der Waals surface area contributed by atoms with E-state index in [0.29, 0.717) is 5.69 Å². The third kappa shape index (κ3) is 6.87. The molecule has 3 aromatic rings. The zero-order valence-electron chi connectivity index (χ0n) is 19.2. The summed E-state index contributed by atoms with van der Waals surface area (Å²) in [6, 6.07) is 8.88. The molecule has 0 aliphatic carbocycles. The molecule has 0 radical (unpaired) electrons. The highest BCUT2D eigenvalue weighted by Gasteiger charge is 2.20. The molecule has 0 saturated heterocycles. The first kappa shape index (κ1) is 28.2. The van der Waals surface area contributed by atoms with Crippen molar-refractivity contribution in [3.8, 4) is 11.6 Å². The van der Waals surface area contributed by atoms with Crippen LogP contribution in [-0.4, -0.2) is 68.7 Å². The number of aromatic nitrogens is 2. The molecule has 0 aliphatic rings. The molecule has 0 bridgehead atoms. The van der Waals surface area contributed by atoms with E-state index in [0.717, 1.165) is 10.7 Å². The smallest absolute Gasteiger partial charge is 0.397 e. The van der Waals surface area contributed by atoms with Gasteiger partial charge in [-0.2, -0.15) is 26.6 Å². The number of nitrogens with one attached hydrogen (secondary N) is 1. The van der Waals surface area contributed by atoms with E-state index in [2.05, 4.69) is 24.8 Å². The van der Waals surface area contributed by atoms with E-state index in [9.17, 15) is 34.9 Å². The molecule has 0 atom stereocenters. The van der Waals surface area contributed by atoms with E-state index in [1.54, 1.807) is 7.05 Å². The number of sulfone groups is 1. The van der Waals surface area contributed by atoms with Crippen molar-refractivity contribution in [2.24, 2.45) is 10.2 Å². The zero-order chi connectivity index (χ0) is 27.6. The van der Waals surface area contributed by atoms with Gasteiger partial charge in [0.1, 0.15) is 10.6 Å². The molecule has 3 rings (SSSR count). The first-order valence-corrected chi connectivity index (χ1v) is 14.5. The van der Waals surface area contributed by atoms with E-state index >= 15 is 0 Å². The van der Waals surface area contributed by atoms with Crippen LogP contribution in [0.4, 0.5) is 17.1 Å². The van der Waals surface area contributed by atoms with Gasteiger partial charge in [0, 0.05) is 12.7 Å². The molecule has 1 heterocycles. The van der Waals surface area contributed by atoms with Crippen LogP contribution >= 0.6 is 0 Å². The second kappa shape index (κ2) is 10.5. The Morgan fingerprint density at radius 1 is 1.00 bits per heavy atom. The van der Waals surface area contributed by atoms with Crippen LogP contribution in [0.1, 0.15) is 5.69 Å². The molecule has 0 unspecified atom stereocenters. The average Bonchev–Trinajstić information content (AvgIpc) is 3.09. The maximum absolute atomic E-state index is 12.3. The first-order valence-electron chi connectivity index (χ1n) is 10.1. The number of hydrogen-bond acceptors (Lipinski definition) is 12. The molecule has 2 aromatic carbocycles. The summed E-state index contributed by atoms with van der Waals surface area (Å²) < 4.78 is 92.2. The Kier molecular flexibility index (Phi) is 8.00. The van der Waals surface area contributed by atoms with Crippen molar-refractivity contribution in [1.29, 1.82) is 0 Å². The molecule has 0 aliphatic heterocycles. The molecule has 0 amide bonds. The molecular formula is C19H21N5O10S3. The maximum Gasteiger partial charge on any atom is 0.397 e. The van der Waals surface area contributed by atoms with Gasteiger partial charge in [-0.15, -0.1) is 10.2 Å². The highest BCUT2D eigenvalue weighted by molar-refractivity contribution is 7.91. The lowest BCUT2D eigenvalue weighted by Crippen LogP contribution is -2.15. The summed E-state index contributed by atoms with van der Waals surface area (Å²) >= 11 is 0. The highest BCUT2D eigenvalue weighted by Crippen LogP contribution is 2.35. The van der Waals surface area contributed by atoms with Gasteiger partial charge in [0.25, 0.3) is 10.1 Å². The van der Waals surface area contributed by atoms with Crippen molar-refractivity contribution >= 4 is 47.4 Å². The monoisotopic (exact) mass is 575 g/mol. The lowest BCUT2D eigenvalue weighted by molar-refractivity contribution is 0.284. The lowest BCUT2D eigenvalue weighted by Gasteiger charge is -2.07. The minimum absolute atomic E-state index is 0.116. The molecule has 15 nitrogen and oxygen atoms in total. The van der Waals surface area contributed by atoms with Gasteiger partial charge in [-0.3, -0.25) is 9.11 Å². The Balaban J connectivity index is 1.90. The number of benzene rings is 2. The van der Waals surface area contributed by atoms with E-state index in [1.807, 2.05) is 0 Å². The van der Waals surface area contributed by atoms with Crippen molar-refractivity contribution in [3.63, 3.8) is 0 Å². The summed E-state index contributed by atoms with van der Waals surface area (Å²) in [7, 11) is -11.8. The predicted octanol–water partition coefficient (Wildman–Crippen LogP) is 2.18. The number of aryl methyl sites for hydroxylation is 1. The lowest BCUT2D eigenvalue weighted by atomic mass is 10.3. The summed E-state index contributed by atoms with van der Waals surface area (Å²) in [5, 5.41) is 25.3. The van der Waals surface area contributed by atoms with Gasteiger partial charge in [0.15, 0.2) is 15.5 Å². The summed E-state index contributed by atoms with van der Waals surface area (Å²) in [6.45, 7) is 0.708. The number of rotatable bonds is 10. The average molecular weight is 576 g/mol.